The van der Waals surface area contributed by atoms with E-state index in [0.29, 0.717) is 33.4 Å². The monoisotopic (exact) mass is 504 g/mol. The minimum Gasteiger partial charge on any atom is -0.497 e. The lowest BCUT2D eigenvalue weighted by molar-refractivity contribution is -0.142. The van der Waals surface area contributed by atoms with E-state index in [0.717, 1.165) is 12.0 Å². The van der Waals surface area contributed by atoms with Crippen molar-refractivity contribution in [3.05, 3.63) is 53.1 Å². The molecular weight excluding hydrogens is 476 g/mol. The van der Waals surface area contributed by atoms with Gasteiger partial charge in [-0.1, -0.05) is 31.4 Å². The lowest BCUT2D eigenvalue weighted by Crippen LogP contribution is -2.53. The number of nitrogens with zero attached hydrogens (tertiary/aromatic N) is 2. The first kappa shape index (κ1) is 26.8. The van der Waals surface area contributed by atoms with Crippen LogP contribution in [0.4, 0.5) is 0 Å². The molecule has 2 aromatic carbocycles. The Morgan fingerprint density at radius 3 is 1.50 bits per heavy atom. The molecule has 0 aliphatic rings. The summed E-state index contributed by atoms with van der Waals surface area (Å²) in [6.07, 6.45) is 0.788. The summed E-state index contributed by atoms with van der Waals surface area (Å²) in [6, 6.07) is 10.7. The predicted octanol–water partition coefficient (Wildman–Crippen LogP) is 2.25. The number of amides is 2. The number of hydrogen-bond acceptors (Lipinski definition) is 7. The van der Waals surface area contributed by atoms with E-state index >= 15 is 0 Å². The van der Waals surface area contributed by atoms with Gasteiger partial charge in [-0.15, -0.1) is 0 Å². The molecule has 0 radical (unpaired) electrons. The first-order chi connectivity index (χ1) is 16.1. The number of carbonyl (C=O) groups is 2. The maximum atomic E-state index is 12.5. The fraction of sp³-hybridized carbons (Fsp3) is 0.304. The van der Waals surface area contributed by atoms with Crippen LogP contribution in [0.1, 0.15) is 23.6 Å². The molecule has 0 saturated heterocycles. The second-order valence-corrected chi connectivity index (χ2v) is 7.91. The third-order valence-corrected chi connectivity index (χ3v) is 5.83. The van der Waals surface area contributed by atoms with Gasteiger partial charge in [-0.25, -0.2) is 0 Å². The van der Waals surface area contributed by atoms with Gasteiger partial charge in [-0.05, 0) is 42.3 Å². The van der Waals surface area contributed by atoms with Gasteiger partial charge in [-0.3, -0.25) is 30.5 Å². The molecule has 0 aromatic heterocycles. The molecule has 0 spiro atoms. The molecule has 11 heteroatoms. The van der Waals surface area contributed by atoms with E-state index in [-0.39, 0.29) is 4.99 Å². The molecule has 2 N–H and O–H groups in total. The maximum Gasteiger partial charge on any atom is 0.329 e. The van der Waals surface area contributed by atoms with Crippen LogP contribution < -0.4 is 25.1 Å². The lowest BCUT2D eigenvalue weighted by Gasteiger charge is -2.24. The first-order valence-electron chi connectivity index (χ1n) is 10.2. The van der Waals surface area contributed by atoms with Crippen molar-refractivity contribution in [1.82, 2.24) is 20.9 Å². The Labute approximate surface area is 209 Å². The van der Waals surface area contributed by atoms with Gasteiger partial charge in [0.15, 0.2) is 0 Å². The molecule has 0 heterocycles. The number of rotatable bonds is 6. The van der Waals surface area contributed by atoms with Gasteiger partial charge in [0.2, 0.25) is 0 Å². The smallest absolute Gasteiger partial charge is 0.329 e. The molecule has 2 amide bonds. The van der Waals surface area contributed by atoms with E-state index in [1.54, 1.807) is 38.4 Å². The highest BCUT2D eigenvalue weighted by Crippen LogP contribution is 2.23. The number of nitrogens with one attached hydrogen (secondary N) is 2. The summed E-state index contributed by atoms with van der Waals surface area (Å²) in [5.41, 5.74) is 7.18. The van der Waals surface area contributed by atoms with E-state index in [2.05, 4.69) is 10.9 Å². The Balaban J connectivity index is 2.05. The minimum absolute atomic E-state index is 0.255. The quantitative estimate of drug-likeness (QED) is 0.349. The standard InChI is InChI=1S/C23H28N4O5S2/c1-7-14-8-15(10-17(9-14)30-4)22(33)26(2)24-20(28)21(29)25-27(3)23(34)16-11-18(31-5)13-19(12-16)32-6/h8-13H,7H2,1-6H3,(H,24,28)(H,25,29). The van der Waals surface area contributed by atoms with Crippen LogP contribution in [0.5, 0.6) is 17.2 Å². The second kappa shape index (κ2) is 12.1. The van der Waals surface area contributed by atoms with E-state index in [4.69, 9.17) is 38.6 Å². The summed E-state index contributed by atoms with van der Waals surface area (Å²) in [4.78, 5) is 25.5. The van der Waals surface area contributed by atoms with E-state index in [1.165, 1.54) is 31.3 Å². The SMILES string of the molecule is CCc1cc(OC)cc(C(=S)N(C)NC(=O)C(=O)NN(C)C(=S)c2cc(OC)cc(OC)c2)c1. The third kappa shape index (κ3) is 6.78. The molecule has 0 atom stereocenters. The van der Waals surface area contributed by atoms with Gasteiger partial charge in [0.05, 0.1) is 21.3 Å². The number of ether oxygens (including phenoxy) is 3. The number of thiocarbonyl (C=S) groups is 2. The third-order valence-electron chi connectivity index (χ3n) is 4.81. The molecule has 2 aromatic rings. The Kier molecular flexibility index (Phi) is 9.58. The summed E-state index contributed by atoms with van der Waals surface area (Å²) < 4.78 is 15.8. The van der Waals surface area contributed by atoms with Gasteiger partial charge in [0.1, 0.15) is 27.2 Å². The number of methoxy groups -OCH3 is 3. The maximum absolute atomic E-state index is 12.5. The zero-order valence-electron chi connectivity index (χ0n) is 19.9. The molecule has 182 valence electrons. The molecule has 0 unspecified atom stereocenters. The summed E-state index contributed by atoms with van der Waals surface area (Å²) in [5, 5.41) is 2.57. The minimum atomic E-state index is -0.922. The number of aryl methyl sites for hydroxylation is 1. The summed E-state index contributed by atoms with van der Waals surface area (Å²) >= 11 is 10.9. The van der Waals surface area contributed by atoms with Crippen LogP contribution in [-0.4, -0.2) is 67.2 Å². The Bertz CT molecular complexity index is 963. The summed E-state index contributed by atoms with van der Waals surface area (Å²) in [7, 11) is 7.69. The number of benzene rings is 2. The molecule has 9 nitrogen and oxygen atoms in total. The fourth-order valence-corrected chi connectivity index (χ4v) is 3.26. The molecule has 0 saturated carbocycles. The van der Waals surface area contributed by atoms with Crippen LogP contribution in [0.3, 0.4) is 0 Å². The lowest BCUT2D eigenvalue weighted by atomic mass is 10.1. The Morgan fingerprint density at radius 2 is 1.12 bits per heavy atom. The normalized spacial score (nSPS) is 10.1. The van der Waals surface area contributed by atoms with Crippen LogP contribution in [0, 0.1) is 0 Å². The number of hydrazine groups is 2. The van der Waals surface area contributed by atoms with E-state index in [9.17, 15) is 9.59 Å². The van der Waals surface area contributed by atoms with Crippen LogP contribution in [0.15, 0.2) is 36.4 Å². The van der Waals surface area contributed by atoms with Crippen molar-refractivity contribution >= 4 is 46.2 Å². The Hall–Kier alpha value is -3.44. The van der Waals surface area contributed by atoms with Gasteiger partial charge in [0.25, 0.3) is 0 Å². The van der Waals surface area contributed by atoms with Gasteiger partial charge in [0, 0.05) is 31.3 Å². The zero-order valence-corrected chi connectivity index (χ0v) is 21.6. The Morgan fingerprint density at radius 1 is 0.735 bits per heavy atom. The van der Waals surface area contributed by atoms with Crippen molar-refractivity contribution in [2.24, 2.45) is 0 Å². The van der Waals surface area contributed by atoms with E-state index < -0.39 is 11.8 Å². The zero-order chi connectivity index (χ0) is 25.4. The fourth-order valence-electron chi connectivity index (χ4n) is 2.93. The largest absolute Gasteiger partial charge is 0.497 e. The molecule has 0 aliphatic heterocycles. The molecule has 34 heavy (non-hydrogen) atoms. The van der Waals surface area contributed by atoms with Crippen LogP contribution in [0.25, 0.3) is 0 Å². The topological polar surface area (TPSA) is 92.4 Å². The predicted molar refractivity (Wildman–Crippen MR) is 137 cm³/mol. The molecule has 0 bridgehead atoms. The van der Waals surface area contributed by atoms with Gasteiger partial charge in [-0.2, -0.15) is 0 Å². The van der Waals surface area contributed by atoms with Crippen molar-refractivity contribution < 1.29 is 23.8 Å². The van der Waals surface area contributed by atoms with Crippen molar-refractivity contribution in [3.63, 3.8) is 0 Å². The van der Waals surface area contributed by atoms with Gasteiger partial charge >= 0.3 is 11.8 Å². The highest BCUT2D eigenvalue weighted by molar-refractivity contribution is 7.80. The molecule has 0 fully saturated rings. The highest BCUT2D eigenvalue weighted by Gasteiger charge is 2.21. The van der Waals surface area contributed by atoms with Crippen molar-refractivity contribution in [2.45, 2.75) is 13.3 Å². The van der Waals surface area contributed by atoms with Crippen molar-refractivity contribution in [1.29, 1.82) is 0 Å². The average Bonchev–Trinajstić information content (AvgIpc) is 2.86. The van der Waals surface area contributed by atoms with Crippen molar-refractivity contribution in [2.75, 3.05) is 35.4 Å². The molecular formula is C23H28N4O5S2. The summed E-state index contributed by atoms with van der Waals surface area (Å²) in [6.45, 7) is 2.01. The van der Waals surface area contributed by atoms with E-state index in [1.807, 2.05) is 19.1 Å². The van der Waals surface area contributed by atoms with Crippen molar-refractivity contribution in [3.8, 4) is 17.2 Å². The molecule has 0 aliphatic carbocycles. The van der Waals surface area contributed by atoms with Crippen LogP contribution in [-0.2, 0) is 16.0 Å². The number of carbonyl (C=O) groups excluding carboxylic acids is 2. The average molecular weight is 505 g/mol. The van der Waals surface area contributed by atoms with Crippen LogP contribution in [0.2, 0.25) is 0 Å². The highest BCUT2D eigenvalue weighted by atomic mass is 32.1. The second-order valence-electron chi connectivity index (χ2n) is 7.13. The number of hydrogen-bond donors (Lipinski definition) is 2. The first-order valence-corrected chi connectivity index (χ1v) is 11.0. The summed E-state index contributed by atoms with van der Waals surface area (Å²) in [5.74, 6) is -0.116. The molecule has 2 rings (SSSR count). The van der Waals surface area contributed by atoms with Gasteiger partial charge < -0.3 is 14.2 Å². The van der Waals surface area contributed by atoms with Crippen LogP contribution >= 0.6 is 24.4 Å².